The molecule has 0 aromatic heterocycles. The van der Waals surface area contributed by atoms with Crippen LogP contribution in [0.1, 0.15) is 52.4 Å². The van der Waals surface area contributed by atoms with Gasteiger partial charge < -0.3 is 10.0 Å². The van der Waals surface area contributed by atoms with Crippen molar-refractivity contribution in [3.8, 4) is 0 Å². The SMILES string of the molecule is CCCCCCCC(C(C)O)N(C)C.Cl. The number of unbranched alkanes of at least 4 members (excludes halogenated alkanes) is 4. The van der Waals surface area contributed by atoms with Gasteiger partial charge in [0.15, 0.2) is 0 Å². The molecular formula is C12H28ClNO. The van der Waals surface area contributed by atoms with Crippen molar-refractivity contribution in [2.45, 2.75) is 64.5 Å². The van der Waals surface area contributed by atoms with Crippen molar-refractivity contribution in [1.82, 2.24) is 4.90 Å². The molecule has 15 heavy (non-hydrogen) atoms. The highest BCUT2D eigenvalue weighted by Crippen LogP contribution is 2.12. The van der Waals surface area contributed by atoms with Crippen LogP contribution in [0.5, 0.6) is 0 Å². The molecule has 0 aliphatic carbocycles. The first kappa shape index (κ1) is 17.6. The minimum absolute atomic E-state index is 0. The maximum absolute atomic E-state index is 9.54. The fourth-order valence-electron chi connectivity index (χ4n) is 1.89. The van der Waals surface area contributed by atoms with Gasteiger partial charge in [-0.25, -0.2) is 0 Å². The second-order valence-corrected chi connectivity index (χ2v) is 4.47. The van der Waals surface area contributed by atoms with Crippen molar-refractivity contribution in [2.75, 3.05) is 14.1 Å². The Morgan fingerprint density at radius 2 is 1.60 bits per heavy atom. The van der Waals surface area contributed by atoms with Gasteiger partial charge in [-0.05, 0) is 27.4 Å². The smallest absolute Gasteiger partial charge is 0.0667 e. The Hall–Kier alpha value is 0.210. The van der Waals surface area contributed by atoms with Crippen molar-refractivity contribution in [3.05, 3.63) is 0 Å². The van der Waals surface area contributed by atoms with E-state index in [1.165, 1.54) is 32.1 Å². The minimum Gasteiger partial charge on any atom is -0.392 e. The lowest BCUT2D eigenvalue weighted by atomic mass is 10.0. The maximum atomic E-state index is 9.54. The van der Waals surface area contributed by atoms with Gasteiger partial charge in [0, 0.05) is 6.04 Å². The van der Waals surface area contributed by atoms with Gasteiger partial charge in [-0.1, -0.05) is 39.0 Å². The van der Waals surface area contributed by atoms with Crippen LogP contribution in [0.25, 0.3) is 0 Å². The minimum atomic E-state index is -0.212. The zero-order chi connectivity index (χ0) is 11.0. The average molecular weight is 238 g/mol. The monoisotopic (exact) mass is 237 g/mol. The van der Waals surface area contributed by atoms with Crippen LogP contribution in [0.15, 0.2) is 0 Å². The topological polar surface area (TPSA) is 23.5 Å². The van der Waals surface area contributed by atoms with Crippen LogP contribution in [0.2, 0.25) is 0 Å². The highest BCUT2D eigenvalue weighted by molar-refractivity contribution is 5.85. The summed E-state index contributed by atoms with van der Waals surface area (Å²) < 4.78 is 0. The van der Waals surface area contributed by atoms with E-state index in [-0.39, 0.29) is 18.5 Å². The lowest BCUT2D eigenvalue weighted by molar-refractivity contribution is 0.0834. The fourth-order valence-corrected chi connectivity index (χ4v) is 1.89. The Kier molecular flexibility index (Phi) is 12.6. The Bertz CT molecular complexity index is 121. The van der Waals surface area contributed by atoms with E-state index in [4.69, 9.17) is 0 Å². The molecule has 0 aliphatic heterocycles. The number of hydrogen-bond donors (Lipinski definition) is 1. The number of halogens is 1. The molecule has 2 atom stereocenters. The largest absolute Gasteiger partial charge is 0.392 e. The van der Waals surface area contributed by atoms with E-state index in [1.54, 1.807) is 0 Å². The lowest BCUT2D eigenvalue weighted by Crippen LogP contribution is -2.37. The number of aliphatic hydroxyl groups is 1. The average Bonchev–Trinajstić information content (AvgIpc) is 2.09. The van der Waals surface area contributed by atoms with Gasteiger partial charge in [-0.15, -0.1) is 12.4 Å². The van der Waals surface area contributed by atoms with E-state index in [9.17, 15) is 5.11 Å². The van der Waals surface area contributed by atoms with Gasteiger partial charge in [-0.3, -0.25) is 0 Å². The van der Waals surface area contributed by atoms with Crippen LogP contribution in [-0.2, 0) is 0 Å². The molecule has 1 N–H and O–H groups in total. The van der Waals surface area contributed by atoms with Crippen LogP contribution < -0.4 is 0 Å². The molecule has 2 nitrogen and oxygen atoms in total. The van der Waals surface area contributed by atoms with Gasteiger partial charge in [0.25, 0.3) is 0 Å². The molecule has 0 fully saturated rings. The number of hydrogen-bond acceptors (Lipinski definition) is 2. The molecule has 0 bridgehead atoms. The normalized spacial score (nSPS) is 14.8. The molecule has 2 unspecified atom stereocenters. The summed E-state index contributed by atoms with van der Waals surface area (Å²) in [5.41, 5.74) is 0. The third kappa shape index (κ3) is 9.16. The van der Waals surface area contributed by atoms with Crippen molar-refractivity contribution < 1.29 is 5.11 Å². The van der Waals surface area contributed by atoms with Crippen LogP contribution in [0, 0.1) is 0 Å². The molecule has 0 rings (SSSR count). The highest BCUT2D eigenvalue weighted by atomic mass is 35.5. The summed E-state index contributed by atoms with van der Waals surface area (Å²) in [6.45, 7) is 4.12. The van der Waals surface area contributed by atoms with Gasteiger partial charge >= 0.3 is 0 Å². The quantitative estimate of drug-likeness (QED) is 0.656. The molecule has 0 heterocycles. The van der Waals surface area contributed by atoms with Gasteiger partial charge in [-0.2, -0.15) is 0 Å². The third-order valence-corrected chi connectivity index (χ3v) is 2.82. The van der Waals surface area contributed by atoms with Crippen molar-refractivity contribution in [2.24, 2.45) is 0 Å². The van der Waals surface area contributed by atoms with E-state index in [1.807, 2.05) is 21.0 Å². The van der Waals surface area contributed by atoms with Gasteiger partial charge in [0.05, 0.1) is 6.10 Å². The first-order chi connectivity index (χ1) is 6.59. The molecule has 0 aromatic carbocycles. The van der Waals surface area contributed by atoms with E-state index in [0.29, 0.717) is 6.04 Å². The van der Waals surface area contributed by atoms with Crippen molar-refractivity contribution >= 4 is 12.4 Å². The van der Waals surface area contributed by atoms with E-state index < -0.39 is 0 Å². The Labute approximate surface area is 101 Å². The van der Waals surface area contributed by atoms with E-state index in [0.717, 1.165) is 6.42 Å². The molecule has 94 valence electrons. The highest BCUT2D eigenvalue weighted by Gasteiger charge is 2.15. The molecule has 0 amide bonds. The lowest BCUT2D eigenvalue weighted by Gasteiger charge is -2.26. The van der Waals surface area contributed by atoms with Crippen LogP contribution in [0.3, 0.4) is 0 Å². The predicted octanol–water partition coefficient (Wildman–Crippen LogP) is 3.08. The summed E-state index contributed by atoms with van der Waals surface area (Å²) in [4.78, 5) is 2.13. The van der Waals surface area contributed by atoms with Crippen LogP contribution in [0.4, 0.5) is 0 Å². The van der Waals surface area contributed by atoms with Crippen LogP contribution >= 0.6 is 12.4 Å². The first-order valence-corrected chi connectivity index (χ1v) is 5.94. The number of likely N-dealkylation sites (N-methyl/N-ethyl adjacent to an activating group) is 1. The van der Waals surface area contributed by atoms with E-state index >= 15 is 0 Å². The fraction of sp³-hybridized carbons (Fsp3) is 1.00. The van der Waals surface area contributed by atoms with Crippen molar-refractivity contribution in [3.63, 3.8) is 0 Å². The third-order valence-electron chi connectivity index (χ3n) is 2.82. The maximum Gasteiger partial charge on any atom is 0.0667 e. The summed E-state index contributed by atoms with van der Waals surface area (Å²) in [7, 11) is 4.09. The summed E-state index contributed by atoms with van der Waals surface area (Å²) in [6, 6.07) is 0.330. The molecule has 0 spiro atoms. The summed E-state index contributed by atoms with van der Waals surface area (Å²) in [5.74, 6) is 0. The second kappa shape index (κ2) is 10.7. The predicted molar refractivity (Wildman–Crippen MR) is 69.8 cm³/mol. The molecule has 0 saturated heterocycles. The molecule has 0 radical (unpaired) electrons. The standard InChI is InChI=1S/C12H27NO.ClH/c1-5-6-7-8-9-10-12(11(2)14)13(3)4;/h11-12,14H,5-10H2,1-4H3;1H. The second-order valence-electron chi connectivity index (χ2n) is 4.47. The first-order valence-electron chi connectivity index (χ1n) is 5.94. The summed E-state index contributed by atoms with van der Waals surface area (Å²) >= 11 is 0. The van der Waals surface area contributed by atoms with E-state index in [2.05, 4.69) is 11.8 Å². The summed E-state index contributed by atoms with van der Waals surface area (Å²) in [5, 5.41) is 9.54. The number of rotatable bonds is 8. The molecular weight excluding hydrogens is 210 g/mol. The molecule has 0 aliphatic rings. The van der Waals surface area contributed by atoms with Gasteiger partial charge in [0.2, 0.25) is 0 Å². The number of nitrogens with zero attached hydrogens (tertiary/aromatic N) is 1. The molecule has 3 heteroatoms. The Balaban J connectivity index is 0. The zero-order valence-corrected chi connectivity index (χ0v) is 11.5. The van der Waals surface area contributed by atoms with Gasteiger partial charge in [0.1, 0.15) is 0 Å². The molecule has 0 aromatic rings. The summed E-state index contributed by atoms with van der Waals surface area (Å²) in [6.07, 6.45) is 7.45. The number of aliphatic hydroxyl groups excluding tert-OH is 1. The zero-order valence-electron chi connectivity index (χ0n) is 10.7. The van der Waals surface area contributed by atoms with Crippen molar-refractivity contribution in [1.29, 1.82) is 0 Å². The Morgan fingerprint density at radius 3 is 2.00 bits per heavy atom. The Morgan fingerprint density at radius 1 is 1.07 bits per heavy atom. The molecule has 0 saturated carbocycles. The van der Waals surface area contributed by atoms with Crippen LogP contribution in [-0.4, -0.2) is 36.2 Å².